The van der Waals surface area contributed by atoms with E-state index in [9.17, 15) is 0 Å². The van der Waals surface area contributed by atoms with E-state index in [-0.39, 0.29) is 0 Å². The summed E-state index contributed by atoms with van der Waals surface area (Å²) in [6.45, 7) is 2.20. The van der Waals surface area contributed by atoms with Crippen LogP contribution >= 0.6 is 11.6 Å². The maximum Gasteiger partial charge on any atom is 0.0404 e. The van der Waals surface area contributed by atoms with E-state index >= 15 is 0 Å². The lowest BCUT2D eigenvalue weighted by Crippen LogP contribution is -2.09. The summed E-state index contributed by atoms with van der Waals surface area (Å²) in [5.41, 5.74) is 3.01. The lowest BCUT2D eigenvalue weighted by atomic mass is 9.95. The van der Waals surface area contributed by atoms with E-state index in [0.29, 0.717) is 11.3 Å². The second-order valence-corrected chi connectivity index (χ2v) is 4.71. The van der Waals surface area contributed by atoms with Crippen LogP contribution in [0.1, 0.15) is 43.2 Å². The topological polar surface area (TPSA) is 0 Å². The minimum atomic E-state index is 0.337. The van der Waals surface area contributed by atoms with Crippen LogP contribution in [0.15, 0.2) is 24.3 Å². The van der Waals surface area contributed by atoms with Crippen molar-refractivity contribution in [2.75, 3.05) is 0 Å². The highest BCUT2D eigenvalue weighted by Gasteiger charge is 2.27. The molecule has 76 valence electrons. The number of fused-ring (bicyclic) bond motifs is 1. The van der Waals surface area contributed by atoms with Crippen molar-refractivity contribution in [2.24, 2.45) is 0 Å². The molecule has 0 radical (unpaired) electrons. The van der Waals surface area contributed by atoms with E-state index < -0.39 is 0 Å². The number of alkyl halides is 1. The molecule has 0 saturated carbocycles. The zero-order chi connectivity index (χ0) is 9.97. The molecule has 0 fully saturated rings. The summed E-state index contributed by atoms with van der Waals surface area (Å²) in [6.07, 6.45) is 4.79. The van der Waals surface area contributed by atoms with Gasteiger partial charge in [-0.05, 0) is 30.4 Å². The van der Waals surface area contributed by atoms with Crippen LogP contribution in [0, 0.1) is 0 Å². The summed E-state index contributed by atoms with van der Waals surface area (Å²) in [7, 11) is 0. The zero-order valence-corrected chi connectivity index (χ0v) is 9.43. The van der Waals surface area contributed by atoms with E-state index in [1.807, 2.05) is 0 Å². The number of hydrogen-bond acceptors (Lipinski definition) is 0. The van der Waals surface area contributed by atoms with Gasteiger partial charge >= 0.3 is 0 Å². The number of rotatable bonds is 3. The van der Waals surface area contributed by atoms with Gasteiger partial charge in [-0.2, -0.15) is 0 Å². The third-order valence-electron chi connectivity index (χ3n) is 3.18. The minimum absolute atomic E-state index is 0.337. The Kier molecular flexibility index (Phi) is 3.12. The maximum atomic E-state index is 6.41. The summed E-state index contributed by atoms with van der Waals surface area (Å²) < 4.78 is 0. The van der Waals surface area contributed by atoms with E-state index in [2.05, 4.69) is 31.2 Å². The van der Waals surface area contributed by atoms with Gasteiger partial charge in [0, 0.05) is 11.3 Å². The van der Waals surface area contributed by atoms with Crippen molar-refractivity contribution in [2.45, 2.75) is 43.9 Å². The molecule has 2 rings (SSSR count). The Morgan fingerprint density at radius 2 is 2.21 bits per heavy atom. The SMILES string of the molecule is CCCC(Cl)C1CCc2ccccc21. The van der Waals surface area contributed by atoms with Crippen LogP contribution in [0.5, 0.6) is 0 Å². The van der Waals surface area contributed by atoms with E-state index in [1.165, 1.54) is 30.4 Å². The summed E-state index contributed by atoms with van der Waals surface area (Å²) in [5.74, 6) is 0.604. The molecule has 0 aliphatic heterocycles. The Hall–Kier alpha value is -0.490. The van der Waals surface area contributed by atoms with E-state index in [0.717, 1.165) is 6.42 Å². The fourth-order valence-electron chi connectivity index (χ4n) is 2.44. The van der Waals surface area contributed by atoms with Crippen molar-refractivity contribution in [1.82, 2.24) is 0 Å². The van der Waals surface area contributed by atoms with Gasteiger partial charge in [-0.1, -0.05) is 37.6 Å². The van der Waals surface area contributed by atoms with Gasteiger partial charge < -0.3 is 0 Å². The molecule has 14 heavy (non-hydrogen) atoms. The highest BCUT2D eigenvalue weighted by molar-refractivity contribution is 6.21. The average Bonchev–Trinajstić information content (AvgIpc) is 2.61. The molecular formula is C13H17Cl. The molecule has 0 N–H and O–H groups in total. The van der Waals surface area contributed by atoms with Gasteiger partial charge in [-0.15, -0.1) is 11.6 Å². The number of benzene rings is 1. The number of aryl methyl sites for hydroxylation is 1. The number of halogens is 1. The molecule has 0 aromatic heterocycles. The predicted molar refractivity (Wildman–Crippen MR) is 62.1 cm³/mol. The second kappa shape index (κ2) is 4.35. The molecule has 0 amide bonds. The van der Waals surface area contributed by atoms with Crippen LogP contribution in [0.25, 0.3) is 0 Å². The average molecular weight is 209 g/mol. The first-order valence-corrected chi connectivity index (χ1v) is 5.98. The molecular weight excluding hydrogens is 192 g/mol. The molecule has 1 aromatic rings. The minimum Gasteiger partial charge on any atom is -0.122 e. The van der Waals surface area contributed by atoms with E-state index in [1.54, 1.807) is 0 Å². The van der Waals surface area contributed by atoms with Crippen LogP contribution in [-0.4, -0.2) is 5.38 Å². The lowest BCUT2D eigenvalue weighted by molar-refractivity contribution is 0.589. The van der Waals surface area contributed by atoms with Crippen molar-refractivity contribution in [1.29, 1.82) is 0 Å². The monoisotopic (exact) mass is 208 g/mol. The van der Waals surface area contributed by atoms with Gasteiger partial charge in [0.1, 0.15) is 0 Å². The van der Waals surface area contributed by atoms with Gasteiger partial charge in [0.05, 0.1) is 0 Å². The summed E-state index contributed by atoms with van der Waals surface area (Å²) >= 11 is 6.41. The molecule has 0 bridgehead atoms. The number of hydrogen-bond donors (Lipinski definition) is 0. The molecule has 2 unspecified atom stereocenters. The fraction of sp³-hybridized carbons (Fsp3) is 0.538. The normalized spacial score (nSPS) is 22.0. The van der Waals surface area contributed by atoms with Gasteiger partial charge in [0.15, 0.2) is 0 Å². The maximum absolute atomic E-state index is 6.41. The van der Waals surface area contributed by atoms with Crippen molar-refractivity contribution in [3.05, 3.63) is 35.4 Å². The quantitative estimate of drug-likeness (QED) is 0.656. The van der Waals surface area contributed by atoms with Crippen LogP contribution in [0.4, 0.5) is 0 Å². The molecule has 0 spiro atoms. The van der Waals surface area contributed by atoms with Gasteiger partial charge in [0.25, 0.3) is 0 Å². The van der Waals surface area contributed by atoms with Gasteiger partial charge in [-0.25, -0.2) is 0 Å². The van der Waals surface area contributed by atoms with Gasteiger partial charge in [-0.3, -0.25) is 0 Å². The molecule has 0 saturated heterocycles. The van der Waals surface area contributed by atoms with Crippen LogP contribution in [0.3, 0.4) is 0 Å². The Morgan fingerprint density at radius 3 is 3.00 bits per heavy atom. The first kappa shape index (κ1) is 10.0. The highest BCUT2D eigenvalue weighted by atomic mass is 35.5. The van der Waals surface area contributed by atoms with Crippen LogP contribution < -0.4 is 0 Å². The molecule has 1 heteroatoms. The third-order valence-corrected chi connectivity index (χ3v) is 3.70. The second-order valence-electron chi connectivity index (χ2n) is 4.15. The summed E-state index contributed by atoms with van der Waals surface area (Å²) in [4.78, 5) is 0. The third kappa shape index (κ3) is 1.81. The zero-order valence-electron chi connectivity index (χ0n) is 8.67. The molecule has 1 aromatic carbocycles. The Balaban J connectivity index is 2.17. The summed E-state index contributed by atoms with van der Waals surface area (Å²) in [5, 5.41) is 0.337. The first-order chi connectivity index (χ1) is 6.83. The molecule has 1 aliphatic rings. The predicted octanol–water partition coefficient (Wildman–Crippen LogP) is 4.12. The standard InChI is InChI=1S/C13H17Cl/c1-2-5-13(14)12-9-8-10-6-3-4-7-11(10)12/h3-4,6-7,12-13H,2,5,8-9H2,1H3. The van der Waals surface area contributed by atoms with E-state index in [4.69, 9.17) is 11.6 Å². The van der Waals surface area contributed by atoms with Crippen LogP contribution in [0.2, 0.25) is 0 Å². The Bertz CT molecular complexity index is 306. The molecule has 0 heterocycles. The fourth-order valence-corrected chi connectivity index (χ4v) is 2.92. The summed E-state index contributed by atoms with van der Waals surface area (Å²) in [6, 6.07) is 8.75. The van der Waals surface area contributed by atoms with Crippen molar-refractivity contribution >= 4 is 11.6 Å². The van der Waals surface area contributed by atoms with Crippen molar-refractivity contribution in [3.8, 4) is 0 Å². The highest BCUT2D eigenvalue weighted by Crippen LogP contribution is 2.38. The lowest BCUT2D eigenvalue weighted by Gasteiger charge is -2.17. The molecule has 0 nitrogen and oxygen atoms in total. The Labute approximate surface area is 91.3 Å². The largest absolute Gasteiger partial charge is 0.122 e. The first-order valence-electron chi connectivity index (χ1n) is 5.54. The van der Waals surface area contributed by atoms with Gasteiger partial charge in [0.2, 0.25) is 0 Å². The molecule has 1 aliphatic carbocycles. The van der Waals surface area contributed by atoms with Crippen molar-refractivity contribution in [3.63, 3.8) is 0 Å². The smallest absolute Gasteiger partial charge is 0.0404 e. The Morgan fingerprint density at radius 1 is 1.43 bits per heavy atom. The van der Waals surface area contributed by atoms with Crippen molar-refractivity contribution < 1.29 is 0 Å². The van der Waals surface area contributed by atoms with Crippen LogP contribution in [-0.2, 0) is 6.42 Å². The molecule has 2 atom stereocenters.